The number of furan rings is 1. The molecule has 1 heterocycles. The fourth-order valence-corrected chi connectivity index (χ4v) is 2.02. The molecule has 0 saturated heterocycles. The van der Waals surface area contributed by atoms with E-state index in [9.17, 15) is 0 Å². The van der Waals surface area contributed by atoms with Gasteiger partial charge in [-0.15, -0.1) is 0 Å². The molecule has 3 heteroatoms. The van der Waals surface area contributed by atoms with Gasteiger partial charge in [-0.2, -0.15) is 0 Å². The Morgan fingerprint density at radius 1 is 1.18 bits per heavy atom. The second-order valence-electron chi connectivity index (χ2n) is 4.45. The zero-order valence-corrected chi connectivity index (χ0v) is 11.2. The molecule has 0 radical (unpaired) electrons. The zero-order valence-electron chi connectivity index (χ0n) is 11.2. The molecule has 1 rings (SSSR count). The van der Waals surface area contributed by atoms with Gasteiger partial charge in [0.05, 0.1) is 12.8 Å². The van der Waals surface area contributed by atoms with E-state index in [-0.39, 0.29) is 0 Å². The van der Waals surface area contributed by atoms with E-state index in [1.807, 2.05) is 12.1 Å². The van der Waals surface area contributed by atoms with E-state index in [0.717, 1.165) is 18.8 Å². The molecule has 3 nitrogen and oxygen atoms in total. The summed E-state index contributed by atoms with van der Waals surface area (Å²) < 4.78 is 5.27. The van der Waals surface area contributed by atoms with Crippen LogP contribution in [0.2, 0.25) is 0 Å². The summed E-state index contributed by atoms with van der Waals surface area (Å²) in [6.45, 7) is 10.1. The van der Waals surface area contributed by atoms with Gasteiger partial charge < -0.3 is 14.6 Å². The van der Waals surface area contributed by atoms with Crippen molar-refractivity contribution in [1.82, 2.24) is 10.2 Å². The molecule has 1 aromatic rings. The Morgan fingerprint density at radius 3 is 2.53 bits per heavy atom. The molecule has 0 fully saturated rings. The smallest absolute Gasteiger partial charge is 0.117 e. The molecule has 0 atom stereocenters. The third-order valence-electron chi connectivity index (χ3n) is 2.79. The van der Waals surface area contributed by atoms with Gasteiger partial charge in [0.25, 0.3) is 0 Å². The van der Waals surface area contributed by atoms with Gasteiger partial charge in [0.1, 0.15) is 5.76 Å². The molecule has 0 aliphatic rings. The van der Waals surface area contributed by atoms with Gasteiger partial charge in [0.2, 0.25) is 0 Å². The quantitative estimate of drug-likeness (QED) is 0.635. The van der Waals surface area contributed by atoms with Gasteiger partial charge in [0.15, 0.2) is 0 Å². The third kappa shape index (κ3) is 6.49. The van der Waals surface area contributed by atoms with E-state index in [1.165, 1.54) is 38.9 Å². The average Bonchev–Trinajstić information content (AvgIpc) is 2.82. The van der Waals surface area contributed by atoms with Crippen LogP contribution >= 0.6 is 0 Å². The van der Waals surface area contributed by atoms with Crippen LogP contribution in [0.1, 0.15) is 38.9 Å². The first-order valence-corrected chi connectivity index (χ1v) is 6.82. The number of nitrogens with zero attached hydrogens (tertiary/aromatic N) is 1. The minimum Gasteiger partial charge on any atom is -0.468 e. The normalized spacial score (nSPS) is 11.2. The summed E-state index contributed by atoms with van der Waals surface area (Å²) >= 11 is 0. The summed E-state index contributed by atoms with van der Waals surface area (Å²) in [6.07, 6.45) is 5.43. The van der Waals surface area contributed by atoms with E-state index in [0.29, 0.717) is 0 Å². The molecule has 98 valence electrons. The van der Waals surface area contributed by atoms with Crippen molar-refractivity contribution >= 4 is 0 Å². The van der Waals surface area contributed by atoms with Crippen LogP contribution in [-0.2, 0) is 6.54 Å². The van der Waals surface area contributed by atoms with Crippen LogP contribution in [0.5, 0.6) is 0 Å². The second-order valence-corrected chi connectivity index (χ2v) is 4.45. The molecule has 0 saturated carbocycles. The number of rotatable bonds is 10. The van der Waals surface area contributed by atoms with Crippen molar-refractivity contribution in [2.24, 2.45) is 0 Å². The first-order chi connectivity index (χ1) is 8.36. The molecule has 0 spiro atoms. The predicted octanol–water partition coefficient (Wildman–Crippen LogP) is 2.88. The van der Waals surface area contributed by atoms with Crippen molar-refractivity contribution in [3.05, 3.63) is 24.2 Å². The van der Waals surface area contributed by atoms with Crippen molar-refractivity contribution in [1.29, 1.82) is 0 Å². The van der Waals surface area contributed by atoms with Crippen molar-refractivity contribution in [3.63, 3.8) is 0 Å². The van der Waals surface area contributed by atoms with Gasteiger partial charge in [0, 0.05) is 0 Å². The molecule has 0 aliphatic carbocycles. The molecule has 0 unspecified atom stereocenters. The van der Waals surface area contributed by atoms with Crippen LogP contribution in [0.4, 0.5) is 0 Å². The van der Waals surface area contributed by atoms with E-state index < -0.39 is 0 Å². The van der Waals surface area contributed by atoms with E-state index in [4.69, 9.17) is 4.42 Å². The first kappa shape index (κ1) is 14.3. The monoisotopic (exact) mass is 238 g/mol. The lowest BCUT2D eigenvalue weighted by molar-refractivity contribution is 0.269. The fourth-order valence-electron chi connectivity index (χ4n) is 2.02. The molecular formula is C14H26N2O. The minimum absolute atomic E-state index is 0.842. The van der Waals surface area contributed by atoms with Crippen molar-refractivity contribution in [2.45, 2.75) is 39.7 Å². The highest BCUT2D eigenvalue weighted by Gasteiger charge is 2.01. The number of nitrogens with one attached hydrogen (secondary N) is 1. The lowest BCUT2D eigenvalue weighted by Crippen LogP contribution is -2.29. The topological polar surface area (TPSA) is 28.4 Å². The van der Waals surface area contributed by atoms with Gasteiger partial charge in [-0.05, 0) is 57.6 Å². The maximum Gasteiger partial charge on any atom is 0.117 e. The minimum atomic E-state index is 0.842. The molecule has 0 bridgehead atoms. The summed E-state index contributed by atoms with van der Waals surface area (Å²) in [7, 11) is 0. The van der Waals surface area contributed by atoms with Crippen molar-refractivity contribution in [3.8, 4) is 0 Å². The lowest BCUT2D eigenvalue weighted by Gasteiger charge is -2.20. The zero-order chi connectivity index (χ0) is 12.3. The van der Waals surface area contributed by atoms with Crippen LogP contribution in [0.15, 0.2) is 22.8 Å². The maximum atomic E-state index is 5.27. The Kier molecular flexibility index (Phi) is 7.76. The molecule has 1 aromatic heterocycles. The Balaban J connectivity index is 2.01. The van der Waals surface area contributed by atoms with E-state index in [1.54, 1.807) is 6.26 Å². The molecule has 0 aromatic carbocycles. The van der Waals surface area contributed by atoms with Crippen LogP contribution in [0.3, 0.4) is 0 Å². The standard InChI is InChI=1S/C14H26N2O/c1-3-9-16(10-4-2)11-6-8-15-13-14-7-5-12-17-14/h5,7,12,15H,3-4,6,8-11,13H2,1-2H3. The Hall–Kier alpha value is -0.800. The maximum absolute atomic E-state index is 5.27. The highest BCUT2D eigenvalue weighted by molar-refractivity contribution is 4.97. The van der Waals surface area contributed by atoms with Crippen LogP contribution in [0, 0.1) is 0 Å². The van der Waals surface area contributed by atoms with Gasteiger partial charge in [-0.25, -0.2) is 0 Å². The Morgan fingerprint density at radius 2 is 1.94 bits per heavy atom. The molecule has 0 amide bonds. The summed E-state index contributed by atoms with van der Waals surface area (Å²) in [5, 5.41) is 3.41. The summed E-state index contributed by atoms with van der Waals surface area (Å²) in [6, 6.07) is 3.94. The van der Waals surface area contributed by atoms with Crippen molar-refractivity contribution < 1.29 is 4.42 Å². The van der Waals surface area contributed by atoms with Crippen LogP contribution in [0.25, 0.3) is 0 Å². The van der Waals surface area contributed by atoms with Gasteiger partial charge >= 0.3 is 0 Å². The van der Waals surface area contributed by atoms with Gasteiger partial charge in [-0.3, -0.25) is 0 Å². The number of hydrogen-bond donors (Lipinski definition) is 1. The first-order valence-electron chi connectivity index (χ1n) is 6.82. The molecule has 1 N–H and O–H groups in total. The summed E-state index contributed by atoms with van der Waals surface area (Å²) in [5.74, 6) is 1.02. The fraction of sp³-hybridized carbons (Fsp3) is 0.714. The Bertz CT molecular complexity index is 253. The SMILES string of the molecule is CCCN(CCC)CCCNCc1ccco1. The number of hydrogen-bond acceptors (Lipinski definition) is 3. The highest BCUT2D eigenvalue weighted by Crippen LogP contribution is 1.99. The van der Waals surface area contributed by atoms with Crippen LogP contribution in [-0.4, -0.2) is 31.1 Å². The molecule has 17 heavy (non-hydrogen) atoms. The summed E-state index contributed by atoms with van der Waals surface area (Å²) in [5.41, 5.74) is 0. The lowest BCUT2D eigenvalue weighted by atomic mass is 10.3. The largest absolute Gasteiger partial charge is 0.468 e. The van der Waals surface area contributed by atoms with Gasteiger partial charge in [-0.1, -0.05) is 13.8 Å². The van der Waals surface area contributed by atoms with E-state index >= 15 is 0 Å². The molecule has 0 aliphatic heterocycles. The third-order valence-corrected chi connectivity index (χ3v) is 2.79. The second kappa shape index (κ2) is 9.25. The average molecular weight is 238 g/mol. The Labute approximate surface area is 105 Å². The van der Waals surface area contributed by atoms with E-state index in [2.05, 4.69) is 24.1 Å². The predicted molar refractivity (Wildman–Crippen MR) is 72.1 cm³/mol. The van der Waals surface area contributed by atoms with Crippen LogP contribution < -0.4 is 5.32 Å². The summed E-state index contributed by atoms with van der Waals surface area (Å²) in [4.78, 5) is 2.55. The van der Waals surface area contributed by atoms with Crippen molar-refractivity contribution in [2.75, 3.05) is 26.2 Å². The molecular weight excluding hydrogens is 212 g/mol. The highest BCUT2D eigenvalue weighted by atomic mass is 16.3.